The highest BCUT2D eigenvalue weighted by atomic mass is 14.9. The summed E-state index contributed by atoms with van der Waals surface area (Å²) >= 11 is 0. The summed E-state index contributed by atoms with van der Waals surface area (Å²) in [5.74, 6) is 0. The Balaban J connectivity index is 1.49. The van der Waals surface area contributed by atoms with Crippen LogP contribution in [0.15, 0.2) is 72.8 Å². The number of nitrogens with one attached hydrogen (secondary N) is 2. The van der Waals surface area contributed by atoms with Crippen LogP contribution in [0.25, 0.3) is 10.9 Å². The molecule has 0 saturated carbocycles. The van der Waals surface area contributed by atoms with Gasteiger partial charge in [-0.05, 0) is 79.0 Å². The van der Waals surface area contributed by atoms with Gasteiger partial charge < -0.3 is 10.6 Å². The highest BCUT2D eigenvalue weighted by molar-refractivity contribution is 5.82. The van der Waals surface area contributed by atoms with E-state index in [9.17, 15) is 0 Å². The Morgan fingerprint density at radius 2 is 1.20 bits per heavy atom. The van der Waals surface area contributed by atoms with E-state index in [1.165, 1.54) is 50.2 Å². The Morgan fingerprint density at radius 3 is 1.86 bits per heavy atom. The van der Waals surface area contributed by atoms with E-state index in [1.807, 2.05) is 0 Å². The van der Waals surface area contributed by atoms with Crippen LogP contribution in [-0.2, 0) is 32.1 Å². The molecule has 0 atom stereocenters. The van der Waals surface area contributed by atoms with E-state index in [0.29, 0.717) is 0 Å². The van der Waals surface area contributed by atoms with Crippen LogP contribution in [0.5, 0.6) is 0 Å². The van der Waals surface area contributed by atoms with Crippen molar-refractivity contribution in [3.05, 3.63) is 101 Å². The molecule has 2 N–H and O–H groups in total. The first-order valence-electron chi connectivity index (χ1n) is 13.3. The van der Waals surface area contributed by atoms with Crippen LogP contribution < -0.4 is 10.6 Å². The van der Waals surface area contributed by atoms with Crippen molar-refractivity contribution in [1.82, 2.24) is 4.98 Å². The summed E-state index contributed by atoms with van der Waals surface area (Å²) in [6.45, 7) is 8.50. The number of rotatable bonds is 12. The number of aromatic nitrogens is 1. The Bertz CT molecular complexity index is 1240. The third-order valence-electron chi connectivity index (χ3n) is 6.89. The van der Waals surface area contributed by atoms with Crippen molar-refractivity contribution in [3.63, 3.8) is 0 Å². The molecule has 0 saturated heterocycles. The third kappa shape index (κ3) is 6.22. The standard InChI is InChI=1S/C32H39N3/c1-4-24-13-7-9-17-29(24)33-21-12-19-31-27(20-22-34-30-18-10-8-14-25(30)5-2)23-28-16-11-15-26(6-3)32(28)35-31/h7-11,13-18,23,33-34H,4-6,12,19-22H2,1-3H3. The number of hydrogen-bond acceptors (Lipinski definition) is 3. The summed E-state index contributed by atoms with van der Waals surface area (Å²) in [4.78, 5) is 5.23. The van der Waals surface area contributed by atoms with Crippen LogP contribution in [-0.4, -0.2) is 18.1 Å². The molecule has 4 aromatic rings. The number of fused-ring (bicyclic) bond motifs is 1. The molecule has 3 nitrogen and oxygen atoms in total. The minimum atomic E-state index is 0.910. The van der Waals surface area contributed by atoms with Crippen LogP contribution in [0.3, 0.4) is 0 Å². The molecule has 4 rings (SSSR count). The second-order valence-corrected chi connectivity index (χ2v) is 9.17. The highest BCUT2D eigenvalue weighted by Gasteiger charge is 2.10. The van der Waals surface area contributed by atoms with E-state index in [4.69, 9.17) is 4.98 Å². The lowest BCUT2D eigenvalue weighted by atomic mass is 10.0. The van der Waals surface area contributed by atoms with Crippen molar-refractivity contribution in [2.24, 2.45) is 0 Å². The van der Waals surface area contributed by atoms with E-state index in [2.05, 4.69) is 104 Å². The SMILES string of the molecule is CCc1ccccc1NCCCc1nc2c(CC)cccc2cc1CCNc1ccccc1CC. The van der Waals surface area contributed by atoms with E-state index >= 15 is 0 Å². The summed E-state index contributed by atoms with van der Waals surface area (Å²) < 4.78 is 0. The Labute approximate surface area is 211 Å². The zero-order valence-corrected chi connectivity index (χ0v) is 21.5. The number of hydrogen-bond donors (Lipinski definition) is 2. The molecular formula is C32H39N3. The number of pyridine rings is 1. The van der Waals surface area contributed by atoms with Crippen LogP contribution in [0, 0.1) is 0 Å². The first kappa shape index (κ1) is 24.8. The fraction of sp³-hybridized carbons (Fsp3) is 0.344. The minimum absolute atomic E-state index is 0.910. The second-order valence-electron chi connectivity index (χ2n) is 9.17. The average Bonchev–Trinajstić information content (AvgIpc) is 2.91. The van der Waals surface area contributed by atoms with E-state index in [-0.39, 0.29) is 0 Å². The molecule has 0 unspecified atom stereocenters. The smallest absolute Gasteiger partial charge is 0.0737 e. The van der Waals surface area contributed by atoms with Gasteiger partial charge in [-0.1, -0.05) is 75.4 Å². The van der Waals surface area contributed by atoms with Crippen molar-refractivity contribution in [2.45, 2.75) is 59.3 Å². The first-order valence-corrected chi connectivity index (χ1v) is 13.3. The molecule has 0 aliphatic heterocycles. The van der Waals surface area contributed by atoms with E-state index < -0.39 is 0 Å². The molecule has 0 spiro atoms. The number of para-hydroxylation sites is 3. The molecule has 1 aromatic heterocycles. The number of anilines is 2. The maximum absolute atomic E-state index is 5.23. The fourth-order valence-electron chi connectivity index (χ4n) is 4.87. The van der Waals surface area contributed by atoms with Crippen LogP contribution in [0.4, 0.5) is 11.4 Å². The summed E-state index contributed by atoms with van der Waals surface area (Å²) in [6, 6.07) is 26.2. The van der Waals surface area contributed by atoms with Crippen molar-refractivity contribution in [1.29, 1.82) is 0 Å². The average molecular weight is 466 g/mol. The highest BCUT2D eigenvalue weighted by Crippen LogP contribution is 2.23. The molecule has 3 aromatic carbocycles. The number of benzene rings is 3. The molecule has 0 aliphatic rings. The second kappa shape index (κ2) is 12.4. The zero-order valence-electron chi connectivity index (χ0n) is 21.5. The van der Waals surface area contributed by atoms with Gasteiger partial charge in [-0.15, -0.1) is 0 Å². The predicted octanol–water partition coefficient (Wildman–Crippen LogP) is 7.62. The van der Waals surface area contributed by atoms with Gasteiger partial charge in [-0.25, -0.2) is 0 Å². The number of nitrogens with zero attached hydrogens (tertiary/aromatic N) is 1. The van der Waals surface area contributed by atoms with Gasteiger partial charge in [-0.3, -0.25) is 4.98 Å². The van der Waals surface area contributed by atoms with Gasteiger partial charge in [0.2, 0.25) is 0 Å². The van der Waals surface area contributed by atoms with E-state index in [1.54, 1.807) is 0 Å². The number of aryl methyl sites for hydroxylation is 4. The van der Waals surface area contributed by atoms with Gasteiger partial charge in [-0.2, -0.15) is 0 Å². The van der Waals surface area contributed by atoms with Crippen LogP contribution >= 0.6 is 0 Å². The van der Waals surface area contributed by atoms with Gasteiger partial charge in [0.05, 0.1) is 5.52 Å². The lowest BCUT2D eigenvalue weighted by molar-refractivity contribution is 0.818. The topological polar surface area (TPSA) is 37.0 Å². The minimum Gasteiger partial charge on any atom is -0.385 e. The molecular weight excluding hydrogens is 426 g/mol. The van der Waals surface area contributed by atoms with Gasteiger partial charge in [0.1, 0.15) is 0 Å². The molecule has 0 aliphatic carbocycles. The maximum Gasteiger partial charge on any atom is 0.0737 e. The van der Waals surface area contributed by atoms with Gasteiger partial charge in [0, 0.05) is 35.5 Å². The van der Waals surface area contributed by atoms with E-state index in [0.717, 1.165) is 51.6 Å². The normalized spacial score (nSPS) is 11.1. The maximum atomic E-state index is 5.23. The monoisotopic (exact) mass is 465 g/mol. The molecule has 35 heavy (non-hydrogen) atoms. The molecule has 0 radical (unpaired) electrons. The summed E-state index contributed by atoms with van der Waals surface area (Å²) in [6.07, 6.45) is 6.11. The summed E-state index contributed by atoms with van der Waals surface area (Å²) in [5.41, 5.74) is 10.4. The lowest BCUT2D eigenvalue weighted by Gasteiger charge is -2.15. The third-order valence-corrected chi connectivity index (χ3v) is 6.89. The lowest BCUT2D eigenvalue weighted by Crippen LogP contribution is -2.11. The van der Waals surface area contributed by atoms with Gasteiger partial charge in [0.25, 0.3) is 0 Å². The largest absolute Gasteiger partial charge is 0.385 e. The first-order chi connectivity index (χ1) is 17.2. The molecule has 0 bridgehead atoms. The Hall–Kier alpha value is -3.33. The quantitative estimate of drug-likeness (QED) is 0.211. The summed E-state index contributed by atoms with van der Waals surface area (Å²) in [5, 5.41) is 8.58. The Kier molecular flexibility index (Phi) is 8.78. The molecule has 1 heterocycles. The fourth-order valence-corrected chi connectivity index (χ4v) is 4.87. The van der Waals surface area contributed by atoms with Crippen LogP contribution in [0.2, 0.25) is 0 Å². The van der Waals surface area contributed by atoms with Crippen LogP contribution in [0.1, 0.15) is 55.1 Å². The van der Waals surface area contributed by atoms with Crippen molar-refractivity contribution >= 4 is 22.3 Å². The van der Waals surface area contributed by atoms with Crippen molar-refractivity contribution in [3.8, 4) is 0 Å². The zero-order chi connectivity index (χ0) is 24.5. The predicted molar refractivity (Wildman–Crippen MR) is 152 cm³/mol. The molecule has 0 amide bonds. The Morgan fingerprint density at radius 1 is 0.600 bits per heavy atom. The summed E-state index contributed by atoms with van der Waals surface area (Å²) in [7, 11) is 0. The molecule has 3 heteroatoms. The molecule has 182 valence electrons. The van der Waals surface area contributed by atoms with Gasteiger partial charge in [0.15, 0.2) is 0 Å². The van der Waals surface area contributed by atoms with Gasteiger partial charge >= 0.3 is 0 Å². The van der Waals surface area contributed by atoms with Crippen molar-refractivity contribution in [2.75, 3.05) is 23.7 Å². The van der Waals surface area contributed by atoms with Crippen molar-refractivity contribution < 1.29 is 0 Å². The molecule has 0 fully saturated rings.